The van der Waals surface area contributed by atoms with Crippen LogP contribution in [-0.4, -0.2) is 18.6 Å². The van der Waals surface area contributed by atoms with Crippen LogP contribution in [0.5, 0.6) is 0 Å². The van der Waals surface area contributed by atoms with Crippen LogP contribution < -0.4 is 9.86 Å². The maximum Gasteiger partial charge on any atom is 0.297 e. The first-order chi connectivity index (χ1) is 6.56. The van der Waals surface area contributed by atoms with Crippen molar-refractivity contribution in [2.45, 2.75) is 0 Å². The lowest BCUT2D eigenvalue weighted by Crippen LogP contribution is -2.21. The molecule has 0 saturated heterocycles. The fraction of sp³-hybridized carbons (Fsp3) is 0. The van der Waals surface area contributed by atoms with Crippen LogP contribution in [0.2, 0.25) is 0 Å². The van der Waals surface area contributed by atoms with Gasteiger partial charge in [0.1, 0.15) is 0 Å². The van der Waals surface area contributed by atoms with E-state index in [0.29, 0.717) is 5.39 Å². The van der Waals surface area contributed by atoms with Gasteiger partial charge in [0.15, 0.2) is 5.82 Å². The predicted molar refractivity (Wildman–Crippen MR) is 52.8 cm³/mol. The summed E-state index contributed by atoms with van der Waals surface area (Å²) in [4.78, 5) is 0. The summed E-state index contributed by atoms with van der Waals surface area (Å²) in [5.41, 5.74) is 0.749. The van der Waals surface area contributed by atoms with Crippen LogP contribution >= 0.6 is 0 Å². The third-order valence-corrected chi connectivity index (χ3v) is 2.19. The summed E-state index contributed by atoms with van der Waals surface area (Å²) in [7, 11) is -3.77. The molecule has 0 aliphatic heterocycles. The summed E-state index contributed by atoms with van der Waals surface area (Å²) >= 11 is 0. The van der Waals surface area contributed by atoms with E-state index in [9.17, 15) is 8.42 Å². The van der Waals surface area contributed by atoms with Gasteiger partial charge in [-0.15, -0.1) is 0 Å². The number of hydrogen-bond acceptors (Lipinski definition) is 3. The van der Waals surface area contributed by atoms with E-state index in [2.05, 4.69) is 14.9 Å². The number of H-pyrrole nitrogens is 1. The van der Waals surface area contributed by atoms with Gasteiger partial charge in [0, 0.05) is 5.39 Å². The Kier molecular flexibility index (Phi) is 1.90. The van der Waals surface area contributed by atoms with Gasteiger partial charge in [0.25, 0.3) is 10.2 Å². The highest BCUT2D eigenvalue weighted by Crippen LogP contribution is 2.19. The van der Waals surface area contributed by atoms with Crippen molar-refractivity contribution in [2.75, 3.05) is 4.72 Å². The number of nitrogens with one attached hydrogen (secondary N) is 2. The first-order valence-corrected chi connectivity index (χ1v) is 5.34. The van der Waals surface area contributed by atoms with E-state index in [4.69, 9.17) is 5.14 Å². The van der Waals surface area contributed by atoms with E-state index >= 15 is 0 Å². The van der Waals surface area contributed by atoms with Crippen molar-refractivity contribution in [2.24, 2.45) is 5.14 Å². The van der Waals surface area contributed by atoms with Gasteiger partial charge >= 0.3 is 0 Å². The van der Waals surface area contributed by atoms with Crippen molar-refractivity contribution in [3.05, 3.63) is 24.3 Å². The maximum atomic E-state index is 10.8. The molecule has 14 heavy (non-hydrogen) atoms. The normalized spacial score (nSPS) is 11.8. The average molecular weight is 212 g/mol. The molecule has 1 aromatic heterocycles. The van der Waals surface area contributed by atoms with Gasteiger partial charge in [-0.25, -0.2) is 5.14 Å². The third kappa shape index (κ3) is 1.68. The maximum absolute atomic E-state index is 10.8. The first-order valence-electron chi connectivity index (χ1n) is 3.80. The van der Waals surface area contributed by atoms with Crippen LogP contribution in [0.4, 0.5) is 5.82 Å². The fourth-order valence-corrected chi connectivity index (χ4v) is 1.60. The van der Waals surface area contributed by atoms with Gasteiger partial charge in [0.05, 0.1) is 5.52 Å². The van der Waals surface area contributed by atoms with Crippen molar-refractivity contribution < 1.29 is 8.42 Å². The van der Waals surface area contributed by atoms with Crippen LogP contribution in [0, 0.1) is 0 Å². The number of anilines is 1. The summed E-state index contributed by atoms with van der Waals surface area (Å²) in [5.74, 6) is 0.211. The second-order valence-corrected chi connectivity index (χ2v) is 4.06. The molecule has 0 radical (unpaired) electrons. The molecule has 1 aromatic carbocycles. The van der Waals surface area contributed by atoms with Gasteiger partial charge in [-0.3, -0.25) is 9.82 Å². The van der Waals surface area contributed by atoms with E-state index in [-0.39, 0.29) is 5.82 Å². The van der Waals surface area contributed by atoms with Crippen molar-refractivity contribution in [3.8, 4) is 0 Å². The third-order valence-electron chi connectivity index (χ3n) is 1.71. The van der Waals surface area contributed by atoms with E-state index in [1.807, 2.05) is 6.07 Å². The number of fused-ring (bicyclic) bond motifs is 1. The van der Waals surface area contributed by atoms with Gasteiger partial charge in [0.2, 0.25) is 0 Å². The number of nitrogens with zero attached hydrogens (tertiary/aromatic N) is 1. The molecule has 2 aromatic rings. The average Bonchev–Trinajstić information content (AvgIpc) is 2.47. The highest BCUT2D eigenvalue weighted by Gasteiger charge is 2.08. The Morgan fingerprint density at radius 3 is 2.79 bits per heavy atom. The van der Waals surface area contributed by atoms with Crippen LogP contribution in [0.3, 0.4) is 0 Å². The Balaban J connectivity index is 2.54. The van der Waals surface area contributed by atoms with Crippen LogP contribution in [0.1, 0.15) is 0 Å². The van der Waals surface area contributed by atoms with Gasteiger partial charge in [-0.05, 0) is 12.1 Å². The Morgan fingerprint density at radius 2 is 2.07 bits per heavy atom. The zero-order chi connectivity index (χ0) is 10.2. The molecular weight excluding hydrogens is 204 g/mol. The SMILES string of the molecule is NS(=O)(=O)Nc1n[nH]c2ccccc12. The zero-order valence-corrected chi connectivity index (χ0v) is 7.88. The summed E-state index contributed by atoms with van der Waals surface area (Å²) < 4.78 is 23.6. The predicted octanol–water partition coefficient (Wildman–Crippen LogP) is 0.178. The monoisotopic (exact) mass is 212 g/mol. The molecule has 0 unspecified atom stereocenters. The second kappa shape index (κ2) is 2.96. The number of para-hydroxylation sites is 1. The molecule has 1 heterocycles. The fourth-order valence-electron chi connectivity index (χ4n) is 1.18. The molecular formula is C7H8N4O2S. The molecule has 0 atom stereocenters. The molecule has 0 fully saturated rings. The van der Waals surface area contributed by atoms with Gasteiger partial charge in [-0.2, -0.15) is 13.5 Å². The number of aromatic nitrogens is 2. The van der Waals surface area contributed by atoms with Gasteiger partial charge in [-0.1, -0.05) is 12.1 Å². The summed E-state index contributed by atoms with van der Waals surface area (Å²) in [5, 5.41) is 12.0. The highest BCUT2D eigenvalue weighted by atomic mass is 32.2. The molecule has 4 N–H and O–H groups in total. The van der Waals surface area contributed by atoms with E-state index < -0.39 is 10.2 Å². The first kappa shape index (κ1) is 8.97. The number of hydrogen-bond donors (Lipinski definition) is 3. The van der Waals surface area contributed by atoms with Crippen molar-refractivity contribution >= 4 is 26.9 Å². The molecule has 7 heteroatoms. The molecule has 0 aliphatic rings. The molecule has 0 saturated carbocycles. The lowest BCUT2D eigenvalue weighted by molar-refractivity contribution is 0.602. The zero-order valence-electron chi connectivity index (χ0n) is 7.06. The lowest BCUT2D eigenvalue weighted by atomic mass is 10.2. The molecule has 6 nitrogen and oxygen atoms in total. The van der Waals surface area contributed by atoms with Crippen LogP contribution in [0.15, 0.2) is 24.3 Å². The number of rotatable bonds is 2. The minimum absolute atomic E-state index is 0.211. The molecule has 0 bridgehead atoms. The standard InChI is InChI=1S/C7H8N4O2S/c8-14(12,13)11-7-5-3-1-2-4-6(5)9-10-7/h1-4H,(H2,8,12,13)(H2,9,10,11). The van der Waals surface area contributed by atoms with Crippen LogP contribution in [0.25, 0.3) is 10.9 Å². The van der Waals surface area contributed by atoms with E-state index in [1.165, 1.54) is 0 Å². The second-order valence-electron chi connectivity index (χ2n) is 2.76. The number of nitrogens with two attached hydrogens (primary N) is 1. The molecule has 0 aliphatic carbocycles. The quantitative estimate of drug-likeness (QED) is 0.661. The van der Waals surface area contributed by atoms with E-state index in [1.54, 1.807) is 18.2 Å². The molecule has 0 amide bonds. The van der Waals surface area contributed by atoms with Crippen LogP contribution in [-0.2, 0) is 10.2 Å². The van der Waals surface area contributed by atoms with Crippen molar-refractivity contribution in [1.29, 1.82) is 0 Å². The van der Waals surface area contributed by atoms with Crippen molar-refractivity contribution in [1.82, 2.24) is 10.2 Å². The Labute approximate surface area is 80.3 Å². The Bertz CT molecular complexity index is 560. The summed E-state index contributed by atoms with van der Waals surface area (Å²) in [6.45, 7) is 0. The van der Waals surface area contributed by atoms with Crippen molar-refractivity contribution in [3.63, 3.8) is 0 Å². The molecule has 74 valence electrons. The van der Waals surface area contributed by atoms with Gasteiger partial charge < -0.3 is 0 Å². The Hall–Kier alpha value is -1.60. The van der Waals surface area contributed by atoms with E-state index in [0.717, 1.165) is 5.52 Å². The Morgan fingerprint density at radius 1 is 1.36 bits per heavy atom. The molecule has 2 rings (SSSR count). The largest absolute Gasteiger partial charge is 0.297 e. The lowest BCUT2D eigenvalue weighted by Gasteiger charge is -1.98. The highest BCUT2D eigenvalue weighted by molar-refractivity contribution is 7.90. The minimum atomic E-state index is -3.77. The summed E-state index contributed by atoms with van der Waals surface area (Å²) in [6.07, 6.45) is 0. The molecule has 0 spiro atoms. The minimum Gasteiger partial charge on any atom is -0.276 e. The number of benzene rings is 1. The topological polar surface area (TPSA) is 101 Å². The summed E-state index contributed by atoms with van der Waals surface area (Å²) in [6, 6.07) is 7.14. The smallest absolute Gasteiger partial charge is 0.276 e. The number of aromatic amines is 1.